The number of nitrogens with zero attached hydrogens (tertiary/aromatic N) is 2. The first kappa shape index (κ1) is 13.7. The molecule has 3 nitrogen and oxygen atoms in total. The molecular formula is C18H20N2O. The molecular weight excluding hydrogens is 260 g/mol. The smallest absolute Gasteiger partial charge is 0.137 e. The second-order valence-electron chi connectivity index (χ2n) is 5.66. The maximum absolute atomic E-state index is 5.51. The zero-order valence-corrected chi connectivity index (χ0v) is 12.9. The fourth-order valence-corrected chi connectivity index (χ4v) is 2.67. The van der Waals surface area contributed by atoms with Gasteiger partial charge < -0.3 is 9.14 Å². The summed E-state index contributed by atoms with van der Waals surface area (Å²) < 4.78 is 7.56. The maximum Gasteiger partial charge on any atom is 0.137 e. The fraction of sp³-hybridized carbons (Fsp3) is 0.278. The molecule has 0 amide bonds. The quantitative estimate of drug-likeness (QED) is 0.709. The van der Waals surface area contributed by atoms with Gasteiger partial charge in [-0.15, -0.1) is 0 Å². The van der Waals surface area contributed by atoms with Crippen LogP contribution >= 0.6 is 0 Å². The molecule has 21 heavy (non-hydrogen) atoms. The molecule has 3 aromatic rings. The summed E-state index contributed by atoms with van der Waals surface area (Å²) in [6.45, 7) is 6.47. The Morgan fingerprint density at radius 3 is 2.67 bits per heavy atom. The van der Waals surface area contributed by atoms with E-state index in [2.05, 4.69) is 39.1 Å². The molecule has 0 atom stereocenters. The number of hydrogen-bond acceptors (Lipinski definition) is 2. The van der Waals surface area contributed by atoms with Gasteiger partial charge in [0.25, 0.3) is 0 Å². The molecule has 0 aliphatic carbocycles. The van der Waals surface area contributed by atoms with Crippen LogP contribution in [0.4, 0.5) is 0 Å². The third-order valence-corrected chi connectivity index (χ3v) is 3.84. The van der Waals surface area contributed by atoms with Gasteiger partial charge in [0.05, 0.1) is 12.8 Å². The van der Waals surface area contributed by atoms with E-state index in [0.717, 1.165) is 17.1 Å². The summed E-state index contributed by atoms with van der Waals surface area (Å²) in [6.07, 6.45) is 4.10. The van der Waals surface area contributed by atoms with Crippen LogP contribution in [0, 0.1) is 6.92 Å². The molecule has 0 fully saturated rings. The fourth-order valence-electron chi connectivity index (χ4n) is 2.67. The van der Waals surface area contributed by atoms with Gasteiger partial charge in [-0.3, -0.25) is 0 Å². The lowest BCUT2D eigenvalue weighted by Crippen LogP contribution is -1.97. The first-order valence-electron chi connectivity index (χ1n) is 7.23. The topological polar surface area (TPSA) is 26.5 Å². The van der Waals surface area contributed by atoms with E-state index in [4.69, 9.17) is 9.72 Å². The van der Waals surface area contributed by atoms with Gasteiger partial charge in [0, 0.05) is 18.0 Å². The van der Waals surface area contributed by atoms with Crippen LogP contribution in [-0.2, 0) is 0 Å². The van der Waals surface area contributed by atoms with Crippen molar-refractivity contribution in [3.8, 4) is 17.0 Å². The van der Waals surface area contributed by atoms with Crippen molar-refractivity contribution in [3.63, 3.8) is 0 Å². The summed E-state index contributed by atoms with van der Waals surface area (Å²) in [5, 5.41) is 0. The van der Waals surface area contributed by atoms with E-state index >= 15 is 0 Å². The molecule has 108 valence electrons. The van der Waals surface area contributed by atoms with Crippen molar-refractivity contribution in [1.82, 2.24) is 9.38 Å². The minimum Gasteiger partial charge on any atom is -0.496 e. The summed E-state index contributed by atoms with van der Waals surface area (Å²) in [7, 11) is 1.73. The van der Waals surface area contributed by atoms with Gasteiger partial charge in [0.2, 0.25) is 0 Å². The molecule has 2 heterocycles. The highest BCUT2D eigenvalue weighted by Crippen LogP contribution is 2.34. The molecule has 1 aromatic carbocycles. The van der Waals surface area contributed by atoms with Crippen LogP contribution in [-0.4, -0.2) is 16.5 Å². The van der Waals surface area contributed by atoms with Crippen LogP contribution in [0.25, 0.3) is 16.9 Å². The first-order valence-corrected chi connectivity index (χ1v) is 7.23. The molecule has 2 aromatic heterocycles. The predicted molar refractivity (Wildman–Crippen MR) is 86.0 cm³/mol. The molecule has 0 saturated heterocycles. The lowest BCUT2D eigenvalue weighted by molar-refractivity contribution is 0.407. The highest BCUT2D eigenvalue weighted by molar-refractivity contribution is 5.69. The maximum atomic E-state index is 5.51. The Morgan fingerprint density at radius 1 is 1.19 bits per heavy atom. The van der Waals surface area contributed by atoms with Gasteiger partial charge >= 0.3 is 0 Å². The number of fused-ring (bicyclic) bond motifs is 1. The summed E-state index contributed by atoms with van der Waals surface area (Å²) in [5.41, 5.74) is 5.54. The summed E-state index contributed by atoms with van der Waals surface area (Å²) in [4.78, 5) is 4.72. The number of aryl methyl sites for hydroxylation is 1. The lowest BCUT2D eigenvalue weighted by atomic mass is 9.95. The van der Waals surface area contributed by atoms with Crippen molar-refractivity contribution >= 4 is 5.65 Å². The van der Waals surface area contributed by atoms with E-state index in [-0.39, 0.29) is 0 Å². The minimum absolute atomic E-state index is 0.413. The molecule has 0 radical (unpaired) electrons. The van der Waals surface area contributed by atoms with Crippen LogP contribution in [0.5, 0.6) is 5.75 Å². The highest BCUT2D eigenvalue weighted by atomic mass is 16.5. The second-order valence-corrected chi connectivity index (χ2v) is 5.66. The van der Waals surface area contributed by atoms with Crippen LogP contribution in [0.15, 0.2) is 42.7 Å². The molecule has 0 saturated carbocycles. The van der Waals surface area contributed by atoms with Gasteiger partial charge in [0.15, 0.2) is 0 Å². The van der Waals surface area contributed by atoms with Crippen molar-refractivity contribution in [2.45, 2.75) is 26.7 Å². The Morgan fingerprint density at radius 2 is 2.00 bits per heavy atom. The van der Waals surface area contributed by atoms with Crippen LogP contribution < -0.4 is 4.74 Å². The molecule has 0 aliphatic heterocycles. The van der Waals surface area contributed by atoms with Gasteiger partial charge in [-0.2, -0.15) is 0 Å². The summed E-state index contributed by atoms with van der Waals surface area (Å²) in [6, 6.07) is 10.4. The van der Waals surface area contributed by atoms with E-state index in [1.807, 2.05) is 28.8 Å². The molecule has 0 bridgehead atoms. The van der Waals surface area contributed by atoms with Gasteiger partial charge in [0.1, 0.15) is 11.4 Å². The molecule has 0 unspecified atom stereocenters. The number of imidazole rings is 1. The standard InChI is InChI=1S/C18H20N2O/c1-12(2)14-10-15(13(3)9-17(14)21-4)16-11-20-8-6-5-7-18(20)19-16/h5-12H,1-4H3. The molecule has 3 rings (SSSR count). The zero-order valence-electron chi connectivity index (χ0n) is 12.9. The van der Waals surface area contributed by atoms with E-state index in [1.165, 1.54) is 16.7 Å². The Hall–Kier alpha value is -2.29. The third kappa shape index (κ3) is 2.40. The van der Waals surface area contributed by atoms with Crippen molar-refractivity contribution in [3.05, 3.63) is 53.9 Å². The molecule has 0 spiro atoms. The number of hydrogen-bond donors (Lipinski definition) is 0. The average molecular weight is 280 g/mol. The average Bonchev–Trinajstić information content (AvgIpc) is 2.90. The third-order valence-electron chi connectivity index (χ3n) is 3.84. The number of ether oxygens (including phenoxy) is 1. The van der Waals surface area contributed by atoms with Gasteiger partial charge in [-0.1, -0.05) is 19.9 Å². The number of benzene rings is 1. The lowest BCUT2D eigenvalue weighted by Gasteiger charge is -2.15. The minimum atomic E-state index is 0.413. The molecule has 3 heteroatoms. The Kier molecular flexibility index (Phi) is 3.42. The molecule has 0 aliphatic rings. The summed E-state index contributed by atoms with van der Waals surface area (Å²) >= 11 is 0. The van der Waals surface area contributed by atoms with Crippen molar-refractivity contribution in [2.75, 3.05) is 7.11 Å². The van der Waals surface area contributed by atoms with Crippen LogP contribution in [0.3, 0.4) is 0 Å². The Bertz CT molecular complexity index is 754. The Labute approximate surface area is 125 Å². The van der Waals surface area contributed by atoms with Crippen LogP contribution in [0.1, 0.15) is 30.9 Å². The van der Waals surface area contributed by atoms with Crippen molar-refractivity contribution in [2.24, 2.45) is 0 Å². The van der Waals surface area contributed by atoms with Gasteiger partial charge in [-0.05, 0) is 48.2 Å². The van der Waals surface area contributed by atoms with Crippen molar-refractivity contribution in [1.29, 1.82) is 0 Å². The normalized spacial score (nSPS) is 11.3. The number of rotatable bonds is 3. The van der Waals surface area contributed by atoms with E-state index in [9.17, 15) is 0 Å². The predicted octanol–water partition coefficient (Wildman–Crippen LogP) is 4.44. The molecule has 0 N–H and O–H groups in total. The monoisotopic (exact) mass is 280 g/mol. The highest BCUT2D eigenvalue weighted by Gasteiger charge is 2.14. The second kappa shape index (κ2) is 5.24. The SMILES string of the molecule is COc1cc(C)c(-c2cn3ccccc3n2)cc1C(C)C. The van der Waals surface area contributed by atoms with E-state index < -0.39 is 0 Å². The van der Waals surface area contributed by atoms with Gasteiger partial charge in [-0.25, -0.2) is 4.98 Å². The van der Waals surface area contributed by atoms with E-state index in [0.29, 0.717) is 5.92 Å². The largest absolute Gasteiger partial charge is 0.496 e. The number of methoxy groups -OCH3 is 1. The Balaban J connectivity index is 2.19. The summed E-state index contributed by atoms with van der Waals surface area (Å²) in [5.74, 6) is 1.37. The zero-order chi connectivity index (χ0) is 15.0. The van der Waals surface area contributed by atoms with E-state index in [1.54, 1.807) is 7.11 Å². The number of pyridine rings is 1. The number of aromatic nitrogens is 2. The van der Waals surface area contributed by atoms with Crippen molar-refractivity contribution < 1.29 is 4.74 Å². The first-order chi connectivity index (χ1) is 10.1. The van der Waals surface area contributed by atoms with Crippen LogP contribution in [0.2, 0.25) is 0 Å².